The number of anilines is 2. The van der Waals surface area contributed by atoms with Gasteiger partial charge < -0.3 is 20.3 Å². The van der Waals surface area contributed by atoms with Gasteiger partial charge in [0.2, 0.25) is 0 Å². The van der Waals surface area contributed by atoms with E-state index in [1.54, 1.807) is 43.4 Å². The van der Waals surface area contributed by atoms with Gasteiger partial charge in [0, 0.05) is 15.7 Å². The van der Waals surface area contributed by atoms with Crippen molar-refractivity contribution in [2.75, 3.05) is 37.9 Å². The van der Waals surface area contributed by atoms with Gasteiger partial charge >= 0.3 is 0 Å². The number of carbonyl (C=O) groups excluding carboxylic acids is 2. The van der Waals surface area contributed by atoms with Gasteiger partial charge in [-0.15, -0.1) is 0 Å². The third-order valence-electron chi connectivity index (χ3n) is 3.90. The number of halogens is 2. The van der Waals surface area contributed by atoms with Crippen molar-refractivity contribution < 1.29 is 19.2 Å². The first kappa shape index (κ1) is 21.0. The minimum Gasteiger partial charge on any atom is -0.495 e. The summed E-state index contributed by atoms with van der Waals surface area (Å²) in [5.41, 5.74) is 1.95. The third kappa shape index (κ3) is 6.13. The van der Waals surface area contributed by atoms with Crippen LogP contribution < -0.4 is 20.3 Å². The van der Waals surface area contributed by atoms with Crippen molar-refractivity contribution in [2.45, 2.75) is 6.92 Å². The number of amides is 2. The second-order valence-electron chi connectivity index (χ2n) is 6.16. The van der Waals surface area contributed by atoms with Crippen molar-refractivity contribution >= 4 is 46.4 Å². The molecule has 0 aliphatic heterocycles. The molecule has 27 heavy (non-hydrogen) atoms. The largest absolute Gasteiger partial charge is 0.495 e. The molecule has 1 unspecified atom stereocenters. The standard InChI is InChI=1S/C19H21Cl2N3O3/c1-12-14(21)5-4-6-15(12)22-18(25)10-24(2)11-19(26)23-16-9-13(20)7-8-17(16)27-3/h4-9H,10-11H2,1-3H3,(H,22,25)(H,23,26)/p+1. The van der Waals surface area contributed by atoms with E-state index in [0.717, 1.165) is 10.5 Å². The van der Waals surface area contributed by atoms with Crippen molar-refractivity contribution in [2.24, 2.45) is 0 Å². The first-order valence-corrected chi connectivity index (χ1v) is 9.05. The molecule has 0 saturated heterocycles. The van der Waals surface area contributed by atoms with Crippen LogP contribution >= 0.6 is 23.2 Å². The molecule has 0 spiro atoms. The maximum atomic E-state index is 12.3. The third-order valence-corrected chi connectivity index (χ3v) is 4.55. The number of methoxy groups -OCH3 is 1. The molecule has 8 heteroatoms. The van der Waals surface area contributed by atoms with Gasteiger partial charge in [0.15, 0.2) is 13.1 Å². The van der Waals surface area contributed by atoms with Crippen LogP contribution in [0.4, 0.5) is 11.4 Å². The zero-order valence-electron chi connectivity index (χ0n) is 15.4. The molecule has 0 bridgehead atoms. The Morgan fingerprint density at radius 3 is 2.30 bits per heavy atom. The number of hydrogen-bond acceptors (Lipinski definition) is 3. The Morgan fingerprint density at radius 1 is 1.04 bits per heavy atom. The molecule has 2 amide bonds. The van der Waals surface area contributed by atoms with E-state index < -0.39 is 0 Å². The van der Waals surface area contributed by atoms with Crippen LogP contribution in [0.15, 0.2) is 36.4 Å². The zero-order chi connectivity index (χ0) is 20.0. The van der Waals surface area contributed by atoms with Crippen molar-refractivity contribution in [3.63, 3.8) is 0 Å². The molecule has 144 valence electrons. The van der Waals surface area contributed by atoms with E-state index in [1.807, 2.05) is 6.92 Å². The Hall–Kier alpha value is -2.28. The first-order chi connectivity index (χ1) is 12.8. The summed E-state index contributed by atoms with van der Waals surface area (Å²) in [6.07, 6.45) is 0. The van der Waals surface area contributed by atoms with Crippen LogP contribution in [0.25, 0.3) is 0 Å². The molecule has 0 aromatic heterocycles. The average molecular weight is 411 g/mol. The highest BCUT2D eigenvalue weighted by atomic mass is 35.5. The molecule has 0 radical (unpaired) electrons. The fourth-order valence-corrected chi connectivity index (χ4v) is 2.87. The van der Waals surface area contributed by atoms with E-state index >= 15 is 0 Å². The molecule has 0 aliphatic rings. The van der Waals surface area contributed by atoms with Crippen LogP contribution in [0, 0.1) is 6.92 Å². The van der Waals surface area contributed by atoms with Crippen LogP contribution in [-0.4, -0.2) is 39.1 Å². The lowest BCUT2D eigenvalue weighted by Crippen LogP contribution is -3.11. The molecule has 2 aromatic carbocycles. The predicted molar refractivity (Wildman–Crippen MR) is 108 cm³/mol. The van der Waals surface area contributed by atoms with Gasteiger partial charge in [0.05, 0.1) is 19.8 Å². The molecular weight excluding hydrogens is 389 g/mol. The lowest BCUT2D eigenvalue weighted by Gasteiger charge is -2.15. The minimum atomic E-state index is -0.250. The molecular formula is C19H22Cl2N3O3+. The molecule has 0 aliphatic carbocycles. The normalized spacial score (nSPS) is 11.6. The Kier molecular flexibility index (Phi) is 7.47. The second kappa shape index (κ2) is 9.60. The molecule has 0 saturated carbocycles. The molecule has 0 heterocycles. The fraction of sp³-hybridized carbons (Fsp3) is 0.263. The van der Waals surface area contributed by atoms with Crippen molar-refractivity contribution in [1.29, 1.82) is 0 Å². The number of quaternary nitrogens is 1. The van der Waals surface area contributed by atoms with Crippen LogP contribution in [0.2, 0.25) is 10.0 Å². The van der Waals surface area contributed by atoms with Crippen molar-refractivity contribution in [3.8, 4) is 5.75 Å². The number of benzene rings is 2. The Balaban J connectivity index is 1.90. The van der Waals surface area contributed by atoms with Gasteiger partial charge in [0.1, 0.15) is 5.75 Å². The smallest absolute Gasteiger partial charge is 0.279 e. The summed E-state index contributed by atoms with van der Waals surface area (Å²) in [7, 11) is 3.28. The summed E-state index contributed by atoms with van der Waals surface area (Å²) < 4.78 is 5.20. The van der Waals surface area contributed by atoms with Gasteiger partial charge in [-0.1, -0.05) is 29.3 Å². The summed E-state index contributed by atoms with van der Waals surface area (Å²) in [6, 6.07) is 10.3. The Labute approximate surface area is 168 Å². The van der Waals surface area contributed by atoms with Crippen LogP contribution in [0.5, 0.6) is 5.75 Å². The van der Waals surface area contributed by atoms with E-state index in [4.69, 9.17) is 27.9 Å². The van der Waals surface area contributed by atoms with Crippen LogP contribution in [-0.2, 0) is 9.59 Å². The fourth-order valence-electron chi connectivity index (χ4n) is 2.52. The quantitative estimate of drug-likeness (QED) is 0.656. The number of ether oxygens (including phenoxy) is 1. The van der Waals surface area contributed by atoms with Gasteiger partial charge in [0.25, 0.3) is 11.8 Å². The van der Waals surface area contributed by atoms with Gasteiger partial charge in [-0.05, 0) is 42.8 Å². The first-order valence-electron chi connectivity index (χ1n) is 8.29. The highest BCUT2D eigenvalue weighted by molar-refractivity contribution is 6.32. The van der Waals surface area contributed by atoms with Gasteiger partial charge in [-0.25, -0.2) is 0 Å². The highest BCUT2D eigenvalue weighted by Crippen LogP contribution is 2.27. The summed E-state index contributed by atoms with van der Waals surface area (Å²) in [5, 5.41) is 6.65. The zero-order valence-corrected chi connectivity index (χ0v) is 16.9. The monoisotopic (exact) mass is 410 g/mol. The van der Waals surface area contributed by atoms with Crippen LogP contribution in [0.3, 0.4) is 0 Å². The second-order valence-corrected chi connectivity index (χ2v) is 7.01. The highest BCUT2D eigenvalue weighted by Gasteiger charge is 2.16. The molecule has 1 atom stereocenters. The number of carbonyl (C=O) groups is 2. The molecule has 0 fully saturated rings. The maximum Gasteiger partial charge on any atom is 0.279 e. The molecule has 2 rings (SSSR count). The van der Waals surface area contributed by atoms with E-state index in [-0.39, 0.29) is 24.9 Å². The molecule has 3 N–H and O–H groups in total. The maximum absolute atomic E-state index is 12.3. The number of hydrogen-bond donors (Lipinski definition) is 3. The van der Waals surface area contributed by atoms with E-state index in [9.17, 15) is 9.59 Å². The van der Waals surface area contributed by atoms with E-state index in [0.29, 0.717) is 27.2 Å². The van der Waals surface area contributed by atoms with Crippen molar-refractivity contribution in [1.82, 2.24) is 0 Å². The van der Waals surface area contributed by atoms with Crippen LogP contribution in [0.1, 0.15) is 5.56 Å². The Bertz CT molecular complexity index is 843. The molecule has 2 aromatic rings. The van der Waals surface area contributed by atoms with Gasteiger partial charge in [-0.3, -0.25) is 9.59 Å². The SMILES string of the molecule is COc1ccc(Cl)cc1NC(=O)C[NH+](C)CC(=O)Nc1cccc(Cl)c1C. The minimum absolute atomic E-state index is 0.109. The summed E-state index contributed by atoms with van der Waals surface area (Å²) >= 11 is 12.0. The number of nitrogens with one attached hydrogen (secondary N) is 3. The number of likely N-dealkylation sites (N-methyl/N-ethyl adjacent to an activating group) is 1. The topological polar surface area (TPSA) is 71.9 Å². The average Bonchev–Trinajstić information content (AvgIpc) is 2.58. The lowest BCUT2D eigenvalue weighted by molar-refractivity contribution is -0.862. The summed E-state index contributed by atoms with van der Waals surface area (Å²) in [6.45, 7) is 2.07. The lowest BCUT2D eigenvalue weighted by atomic mass is 10.2. The van der Waals surface area contributed by atoms with Gasteiger partial charge in [-0.2, -0.15) is 0 Å². The Morgan fingerprint density at radius 2 is 1.67 bits per heavy atom. The summed E-state index contributed by atoms with van der Waals surface area (Å²) in [5.74, 6) is 0.0605. The molecule has 6 nitrogen and oxygen atoms in total. The van der Waals surface area contributed by atoms with E-state index in [1.165, 1.54) is 7.11 Å². The van der Waals surface area contributed by atoms with E-state index in [2.05, 4.69) is 10.6 Å². The van der Waals surface area contributed by atoms with Crippen molar-refractivity contribution in [3.05, 3.63) is 52.0 Å². The number of rotatable bonds is 7. The summed E-state index contributed by atoms with van der Waals surface area (Å²) in [4.78, 5) is 25.2. The predicted octanol–water partition coefficient (Wildman–Crippen LogP) is 2.40.